The van der Waals surface area contributed by atoms with Crippen molar-refractivity contribution in [3.8, 4) is 10.6 Å². The van der Waals surface area contributed by atoms with Gasteiger partial charge in [-0.1, -0.05) is 17.7 Å². The first-order valence-electron chi connectivity index (χ1n) is 8.78. The second kappa shape index (κ2) is 7.04. The van der Waals surface area contributed by atoms with Crippen molar-refractivity contribution in [2.45, 2.75) is 38.4 Å². The lowest BCUT2D eigenvalue weighted by molar-refractivity contribution is -0.142. The molecule has 4 heterocycles. The number of aromatic nitrogens is 3. The van der Waals surface area contributed by atoms with Gasteiger partial charge in [-0.2, -0.15) is 18.3 Å². The highest BCUT2D eigenvalue weighted by Gasteiger charge is 2.37. The molecule has 10 heteroatoms. The Morgan fingerprint density at radius 3 is 2.79 bits per heavy atom. The molecule has 1 amide bonds. The summed E-state index contributed by atoms with van der Waals surface area (Å²) >= 11 is 7.59. The SMILES string of the molecule is CC1CCCCN1C(=O)c1nn2c(C(F)(F)F)cc(-c3cccs3)nc2c1Cl. The molecule has 0 bridgehead atoms. The number of amides is 1. The van der Waals surface area contributed by atoms with Crippen LogP contribution in [0.3, 0.4) is 0 Å². The topological polar surface area (TPSA) is 50.5 Å². The maximum Gasteiger partial charge on any atom is 0.433 e. The molecule has 148 valence electrons. The molecular formula is C18H16ClF3N4OS. The number of rotatable bonds is 2. The summed E-state index contributed by atoms with van der Waals surface area (Å²) in [4.78, 5) is 19.4. The first kappa shape index (κ1) is 19.2. The largest absolute Gasteiger partial charge is 0.433 e. The monoisotopic (exact) mass is 428 g/mol. The van der Waals surface area contributed by atoms with Gasteiger partial charge in [0.1, 0.15) is 5.02 Å². The van der Waals surface area contributed by atoms with Crippen LogP contribution in [0.5, 0.6) is 0 Å². The van der Waals surface area contributed by atoms with Crippen molar-refractivity contribution in [1.29, 1.82) is 0 Å². The van der Waals surface area contributed by atoms with Crippen LogP contribution in [0.2, 0.25) is 5.02 Å². The van der Waals surface area contributed by atoms with E-state index in [0.717, 1.165) is 25.3 Å². The van der Waals surface area contributed by atoms with E-state index in [-0.39, 0.29) is 28.1 Å². The van der Waals surface area contributed by atoms with E-state index in [0.29, 0.717) is 15.9 Å². The van der Waals surface area contributed by atoms with Gasteiger partial charge in [-0.3, -0.25) is 4.79 Å². The Bertz CT molecular complexity index is 1030. The van der Waals surface area contributed by atoms with Gasteiger partial charge in [0.2, 0.25) is 0 Å². The summed E-state index contributed by atoms with van der Waals surface area (Å²) in [6.07, 6.45) is -1.99. The maximum absolute atomic E-state index is 13.7. The van der Waals surface area contributed by atoms with E-state index >= 15 is 0 Å². The van der Waals surface area contributed by atoms with Crippen LogP contribution in [0.15, 0.2) is 23.6 Å². The molecule has 1 fully saturated rings. The molecule has 1 unspecified atom stereocenters. The molecule has 1 aliphatic heterocycles. The third-order valence-corrected chi connectivity index (χ3v) is 6.10. The summed E-state index contributed by atoms with van der Waals surface area (Å²) in [6.45, 7) is 2.44. The third-order valence-electron chi connectivity index (χ3n) is 4.86. The van der Waals surface area contributed by atoms with Crippen molar-refractivity contribution < 1.29 is 18.0 Å². The zero-order valence-corrected chi connectivity index (χ0v) is 16.4. The number of piperidine rings is 1. The van der Waals surface area contributed by atoms with E-state index < -0.39 is 17.8 Å². The van der Waals surface area contributed by atoms with E-state index in [1.807, 2.05) is 6.92 Å². The molecule has 1 saturated heterocycles. The average Bonchev–Trinajstić information content (AvgIpc) is 3.29. The fraction of sp³-hybridized carbons (Fsp3) is 0.389. The Labute approximate surface area is 167 Å². The minimum absolute atomic E-state index is 0.0149. The lowest BCUT2D eigenvalue weighted by Crippen LogP contribution is -2.42. The Morgan fingerprint density at radius 2 is 2.14 bits per heavy atom. The highest BCUT2D eigenvalue weighted by Crippen LogP contribution is 2.36. The van der Waals surface area contributed by atoms with Gasteiger partial charge in [0.25, 0.3) is 5.91 Å². The second-order valence-corrected chi connectivity index (χ2v) is 8.07. The van der Waals surface area contributed by atoms with Crippen LogP contribution in [-0.2, 0) is 6.18 Å². The number of carbonyl (C=O) groups excluding carboxylic acids is 1. The molecule has 1 aliphatic rings. The number of carbonyl (C=O) groups is 1. The molecule has 0 saturated carbocycles. The van der Waals surface area contributed by atoms with Crippen molar-refractivity contribution in [3.05, 3.63) is 40.0 Å². The van der Waals surface area contributed by atoms with E-state index in [4.69, 9.17) is 11.6 Å². The van der Waals surface area contributed by atoms with Gasteiger partial charge in [-0.25, -0.2) is 9.50 Å². The summed E-state index contributed by atoms with van der Waals surface area (Å²) < 4.78 is 41.7. The van der Waals surface area contributed by atoms with Gasteiger partial charge >= 0.3 is 6.18 Å². The summed E-state index contributed by atoms with van der Waals surface area (Å²) in [5.74, 6) is -0.464. The quantitative estimate of drug-likeness (QED) is 0.567. The molecule has 0 aromatic carbocycles. The number of nitrogens with zero attached hydrogens (tertiary/aromatic N) is 4. The predicted octanol–water partition coefficient (Wildman–Crippen LogP) is 5.14. The molecule has 0 N–H and O–H groups in total. The number of halogens is 4. The zero-order valence-electron chi connectivity index (χ0n) is 14.8. The van der Waals surface area contributed by atoms with Crippen molar-refractivity contribution in [2.75, 3.05) is 6.54 Å². The van der Waals surface area contributed by atoms with Gasteiger partial charge in [-0.15, -0.1) is 11.3 Å². The van der Waals surface area contributed by atoms with Gasteiger partial charge < -0.3 is 4.90 Å². The lowest BCUT2D eigenvalue weighted by atomic mass is 10.0. The molecule has 1 atom stereocenters. The molecule has 3 aromatic rings. The Morgan fingerprint density at radius 1 is 1.36 bits per heavy atom. The molecule has 28 heavy (non-hydrogen) atoms. The predicted molar refractivity (Wildman–Crippen MR) is 101 cm³/mol. The van der Waals surface area contributed by atoms with Gasteiger partial charge in [0, 0.05) is 12.6 Å². The van der Waals surface area contributed by atoms with Gasteiger partial charge in [0.05, 0.1) is 10.6 Å². The fourth-order valence-corrected chi connectivity index (χ4v) is 4.34. The average molecular weight is 429 g/mol. The van der Waals surface area contributed by atoms with E-state index in [2.05, 4.69) is 10.1 Å². The Kier molecular flexibility index (Phi) is 4.83. The highest BCUT2D eigenvalue weighted by atomic mass is 35.5. The third kappa shape index (κ3) is 3.26. The number of alkyl halides is 3. The number of hydrogen-bond donors (Lipinski definition) is 0. The number of fused-ring (bicyclic) bond motifs is 1. The van der Waals surface area contributed by atoms with Crippen molar-refractivity contribution in [3.63, 3.8) is 0 Å². The normalized spacial score (nSPS) is 18.0. The fourth-order valence-electron chi connectivity index (χ4n) is 3.42. The van der Waals surface area contributed by atoms with Crippen LogP contribution in [0, 0.1) is 0 Å². The molecule has 0 spiro atoms. The summed E-state index contributed by atoms with van der Waals surface area (Å²) in [5, 5.41) is 5.51. The van der Waals surface area contributed by atoms with E-state index in [9.17, 15) is 18.0 Å². The van der Waals surface area contributed by atoms with Crippen molar-refractivity contribution in [1.82, 2.24) is 19.5 Å². The molecular weight excluding hydrogens is 413 g/mol. The minimum atomic E-state index is -4.68. The maximum atomic E-state index is 13.7. The van der Waals surface area contributed by atoms with Crippen LogP contribution < -0.4 is 0 Å². The molecule has 4 rings (SSSR count). The van der Waals surface area contributed by atoms with Crippen LogP contribution in [0.4, 0.5) is 13.2 Å². The second-order valence-electron chi connectivity index (χ2n) is 6.74. The summed E-state index contributed by atoms with van der Waals surface area (Å²) in [5.41, 5.74) is -1.25. The van der Waals surface area contributed by atoms with Crippen molar-refractivity contribution in [2.24, 2.45) is 0 Å². The van der Waals surface area contributed by atoms with Crippen LogP contribution in [0.1, 0.15) is 42.4 Å². The number of hydrogen-bond acceptors (Lipinski definition) is 4. The minimum Gasteiger partial charge on any atom is -0.335 e. The molecule has 5 nitrogen and oxygen atoms in total. The molecule has 0 aliphatic carbocycles. The molecule has 0 radical (unpaired) electrons. The van der Waals surface area contributed by atoms with Gasteiger partial charge in [-0.05, 0) is 43.7 Å². The standard InChI is InChI=1S/C18H16ClF3N4OS/c1-10-5-2-3-7-25(10)17(27)15-14(19)16-23-11(12-6-4-8-28-12)9-13(18(20,21)22)26(16)24-15/h4,6,8-10H,2-3,5,7H2,1H3. The Hall–Kier alpha value is -2.13. The van der Waals surface area contributed by atoms with E-state index in [1.165, 1.54) is 11.3 Å². The lowest BCUT2D eigenvalue weighted by Gasteiger charge is -2.32. The zero-order chi connectivity index (χ0) is 20.1. The number of thiophene rings is 1. The molecule has 3 aromatic heterocycles. The number of likely N-dealkylation sites (tertiary alicyclic amines) is 1. The van der Waals surface area contributed by atoms with Crippen LogP contribution >= 0.6 is 22.9 Å². The smallest absolute Gasteiger partial charge is 0.335 e. The van der Waals surface area contributed by atoms with E-state index in [1.54, 1.807) is 22.4 Å². The van der Waals surface area contributed by atoms with Crippen LogP contribution in [-0.4, -0.2) is 38.0 Å². The highest BCUT2D eigenvalue weighted by molar-refractivity contribution is 7.13. The van der Waals surface area contributed by atoms with Gasteiger partial charge in [0.15, 0.2) is 17.0 Å². The van der Waals surface area contributed by atoms with Crippen LogP contribution in [0.25, 0.3) is 16.2 Å². The van der Waals surface area contributed by atoms with Crippen molar-refractivity contribution >= 4 is 34.5 Å². The summed E-state index contributed by atoms with van der Waals surface area (Å²) in [7, 11) is 0. The first-order valence-corrected chi connectivity index (χ1v) is 10.0. The first-order chi connectivity index (χ1) is 13.3. The summed E-state index contributed by atoms with van der Waals surface area (Å²) in [6, 6.07) is 4.32. The Balaban J connectivity index is 1.88.